The molecule has 110 valence electrons. The van der Waals surface area contributed by atoms with Gasteiger partial charge in [0.05, 0.1) is 0 Å². The Labute approximate surface area is 122 Å². The highest BCUT2D eigenvalue weighted by molar-refractivity contribution is 5.90. The van der Waals surface area contributed by atoms with E-state index in [-0.39, 0.29) is 11.9 Å². The van der Waals surface area contributed by atoms with Crippen LogP contribution in [0.15, 0.2) is 24.7 Å². The number of H-pyrrole nitrogens is 1. The van der Waals surface area contributed by atoms with Gasteiger partial charge < -0.3 is 15.2 Å². The van der Waals surface area contributed by atoms with Crippen LogP contribution in [0.3, 0.4) is 0 Å². The lowest BCUT2D eigenvalue weighted by Gasteiger charge is -2.32. The molecule has 0 aromatic carbocycles. The van der Waals surface area contributed by atoms with Crippen molar-refractivity contribution < 1.29 is 4.79 Å². The van der Waals surface area contributed by atoms with Crippen LogP contribution in [0.5, 0.6) is 0 Å². The van der Waals surface area contributed by atoms with Crippen molar-refractivity contribution in [1.29, 1.82) is 0 Å². The first-order valence-electron chi connectivity index (χ1n) is 7.07. The number of nitrogens with zero attached hydrogens (tertiary/aromatic N) is 4. The molecule has 0 spiro atoms. The molecule has 1 amide bonds. The Kier molecular flexibility index (Phi) is 3.81. The lowest BCUT2D eigenvalue weighted by molar-refractivity contribution is 0.0923. The zero-order chi connectivity index (χ0) is 14.7. The second-order valence-corrected chi connectivity index (χ2v) is 5.22. The van der Waals surface area contributed by atoms with Gasteiger partial charge in [-0.05, 0) is 25.8 Å². The smallest absolute Gasteiger partial charge is 0.287 e. The van der Waals surface area contributed by atoms with Crippen molar-refractivity contribution in [1.82, 2.24) is 25.3 Å². The number of hydrogen-bond acceptors (Lipinski definition) is 5. The molecule has 1 aliphatic heterocycles. The van der Waals surface area contributed by atoms with Gasteiger partial charge in [0.2, 0.25) is 5.95 Å². The summed E-state index contributed by atoms with van der Waals surface area (Å²) >= 11 is 0. The third-order valence-electron chi connectivity index (χ3n) is 3.51. The number of hydrogen-bond donors (Lipinski definition) is 2. The Morgan fingerprint density at radius 3 is 2.90 bits per heavy atom. The van der Waals surface area contributed by atoms with Gasteiger partial charge in [0.15, 0.2) is 5.82 Å². The van der Waals surface area contributed by atoms with Gasteiger partial charge >= 0.3 is 0 Å². The summed E-state index contributed by atoms with van der Waals surface area (Å²) in [7, 11) is 0. The zero-order valence-electron chi connectivity index (χ0n) is 11.9. The highest BCUT2D eigenvalue weighted by Gasteiger charge is 2.24. The minimum atomic E-state index is -0.163. The van der Waals surface area contributed by atoms with Crippen LogP contribution in [0.1, 0.15) is 29.2 Å². The van der Waals surface area contributed by atoms with Crippen molar-refractivity contribution in [3.63, 3.8) is 0 Å². The van der Waals surface area contributed by atoms with Gasteiger partial charge in [-0.25, -0.2) is 15.0 Å². The number of aromatic nitrogens is 4. The third-order valence-corrected chi connectivity index (χ3v) is 3.51. The summed E-state index contributed by atoms with van der Waals surface area (Å²) in [4.78, 5) is 29.7. The molecule has 0 radical (unpaired) electrons. The molecular weight excluding hydrogens is 268 g/mol. The Hall–Kier alpha value is -2.44. The maximum absolute atomic E-state index is 12.1. The molecule has 3 heterocycles. The van der Waals surface area contributed by atoms with Crippen LogP contribution in [0.2, 0.25) is 0 Å². The van der Waals surface area contributed by atoms with Crippen LogP contribution in [-0.4, -0.2) is 45.0 Å². The van der Waals surface area contributed by atoms with E-state index in [0.29, 0.717) is 11.8 Å². The molecule has 2 aromatic heterocycles. The Bertz CT molecular complexity index is 611. The summed E-state index contributed by atoms with van der Waals surface area (Å²) in [5.41, 5.74) is 0.878. The maximum Gasteiger partial charge on any atom is 0.287 e. The fraction of sp³-hybridized carbons (Fsp3) is 0.429. The summed E-state index contributed by atoms with van der Waals surface area (Å²) in [6.07, 6.45) is 7.07. The van der Waals surface area contributed by atoms with E-state index in [2.05, 4.69) is 30.2 Å². The number of imidazole rings is 1. The molecule has 0 unspecified atom stereocenters. The normalized spacial score (nSPS) is 18.5. The Morgan fingerprint density at radius 1 is 1.38 bits per heavy atom. The summed E-state index contributed by atoms with van der Waals surface area (Å²) < 4.78 is 0. The molecule has 2 aromatic rings. The fourth-order valence-electron chi connectivity index (χ4n) is 2.51. The van der Waals surface area contributed by atoms with E-state index in [4.69, 9.17) is 0 Å². The summed E-state index contributed by atoms with van der Waals surface area (Å²) in [5.74, 6) is 0.912. The van der Waals surface area contributed by atoms with Crippen LogP contribution in [0.25, 0.3) is 0 Å². The number of nitrogens with one attached hydrogen (secondary N) is 2. The third kappa shape index (κ3) is 3.18. The number of piperidine rings is 1. The lowest BCUT2D eigenvalue weighted by atomic mass is 10.1. The first-order valence-corrected chi connectivity index (χ1v) is 7.07. The highest BCUT2D eigenvalue weighted by Crippen LogP contribution is 2.15. The lowest BCUT2D eigenvalue weighted by Crippen LogP contribution is -2.48. The molecule has 1 fully saturated rings. The predicted molar refractivity (Wildman–Crippen MR) is 78.1 cm³/mol. The maximum atomic E-state index is 12.1. The summed E-state index contributed by atoms with van der Waals surface area (Å²) in [5, 5.41) is 3.02. The average molecular weight is 286 g/mol. The van der Waals surface area contributed by atoms with Crippen molar-refractivity contribution in [2.75, 3.05) is 18.0 Å². The summed E-state index contributed by atoms with van der Waals surface area (Å²) in [6.45, 7) is 3.50. The van der Waals surface area contributed by atoms with Crippen LogP contribution in [0, 0.1) is 6.92 Å². The van der Waals surface area contributed by atoms with Crippen molar-refractivity contribution in [3.8, 4) is 0 Å². The van der Waals surface area contributed by atoms with Gasteiger partial charge in [-0.15, -0.1) is 0 Å². The van der Waals surface area contributed by atoms with Crippen molar-refractivity contribution in [3.05, 3.63) is 36.2 Å². The molecule has 0 saturated carbocycles. The minimum Gasteiger partial charge on any atom is -0.345 e. The summed E-state index contributed by atoms with van der Waals surface area (Å²) in [6, 6.07) is 1.88. The SMILES string of the molecule is Cc1cnc(C(=O)N[C@@H]2CCCN(c3ncccn3)C2)[nH]1. The number of aromatic amines is 1. The first-order chi connectivity index (χ1) is 10.2. The van der Waals surface area contributed by atoms with E-state index in [0.717, 1.165) is 31.6 Å². The van der Waals surface area contributed by atoms with E-state index < -0.39 is 0 Å². The van der Waals surface area contributed by atoms with Gasteiger partial charge in [-0.1, -0.05) is 0 Å². The van der Waals surface area contributed by atoms with Crippen molar-refractivity contribution in [2.24, 2.45) is 0 Å². The molecule has 7 nitrogen and oxygen atoms in total. The van der Waals surface area contributed by atoms with Crippen LogP contribution < -0.4 is 10.2 Å². The monoisotopic (exact) mass is 286 g/mol. The molecule has 3 rings (SSSR count). The average Bonchev–Trinajstić information content (AvgIpc) is 2.95. The van der Waals surface area contributed by atoms with E-state index in [9.17, 15) is 4.79 Å². The molecule has 21 heavy (non-hydrogen) atoms. The second-order valence-electron chi connectivity index (χ2n) is 5.22. The van der Waals surface area contributed by atoms with Gasteiger partial charge in [0.1, 0.15) is 0 Å². The number of carbonyl (C=O) groups is 1. The van der Waals surface area contributed by atoms with E-state index in [1.54, 1.807) is 24.7 Å². The zero-order valence-corrected chi connectivity index (χ0v) is 11.9. The minimum absolute atomic E-state index is 0.0838. The molecule has 1 aliphatic rings. The van der Waals surface area contributed by atoms with Crippen LogP contribution >= 0.6 is 0 Å². The quantitative estimate of drug-likeness (QED) is 0.875. The molecule has 0 aliphatic carbocycles. The molecule has 1 atom stereocenters. The van der Waals surface area contributed by atoms with E-state index in [1.807, 2.05) is 6.92 Å². The molecular formula is C14H18N6O. The van der Waals surface area contributed by atoms with Crippen molar-refractivity contribution in [2.45, 2.75) is 25.8 Å². The predicted octanol–water partition coefficient (Wildman–Crippen LogP) is 0.907. The number of amides is 1. The number of anilines is 1. The van der Waals surface area contributed by atoms with Gasteiger partial charge in [0, 0.05) is 43.4 Å². The van der Waals surface area contributed by atoms with E-state index in [1.165, 1.54) is 0 Å². The molecule has 0 bridgehead atoms. The van der Waals surface area contributed by atoms with Gasteiger partial charge in [0.25, 0.3) is 5.91 Å². The molecule has 2 N–H and O–H groups in total. The van der Waals surface area contributed by atoms with Crippen LogP contribution in [0.4, 0.5) is 5.95 Å². The largest absolute Gasteiger partial charge is 0.345 e. The second kappa shape index (κ2) is 5.90. The molecule has 1 saturated heterocycles. The number of aryl methyl sites for hydroxylation is 1. The standard InChI is InChI=1S/C14H18N6O/c1-10-8-17-12(18-10)13(21)19-11-4-2-7-20(9-11)14-15-5-3-6-16-14/h3,5-6,8,11H,2,4,7,9H2,1H3,(H,17,18)(H,19,21)/t11-/m1/s1. The fourth-order valence-corrected chi connectivity index (χ4v) is 2.51. The molecule has 7 heteroatoms. The Balaban J connectivity index is 1.62. The topological polar surface area (TPSA) is 86.8 Å². The van der Waals surface area contributed by atoms with Gasteiger partial charge in [-0.3, -0.25) is 4.79 Å². The number of rotatable bonds is 3. The van der Waals surface area contributed by atoms with Crippen LogP contribution in [-0.2, 0) is 0 Å². The highest BCUT2D eigenvalue weighted by atomic mass is 16.2. The first kappa shape index (κ1) is 13.5. The van der Waals surface area contributed by atoms with Crippen molar-refractivity contribution >= 4 is 11.9 Å². The van der Waals surface area contributed by atoms with E-state index >= 15 is 0 Å². The van der Waals surface area contributed by atoms with Gasteiger partial charge in [-0.2, -0.15) is 0 Å². The number of carbonyl (C=O) groups excluding carboxylic acids is 1. The Morgan fingerprint density at radius 2 is 2.19 bits per heavy atom.